The highest BCUT2D eigenvalue weighted by Crippen LogP contribution is 2.31. The first-order valence-corrected chi connectivity index (χ1v) is 11.8. The molecule has 0 spiro atoms. The molecule has 9 heteroatoms. The molecule has 0 aliphatic heterocycles. The standard InChI is InChI=1S/C23H17ClFN3O3S/c1-32(30,31)22-18(25)5-2-6-20(22)28(23(29)17-4-3-11-26-13-17)14-15-7-8-16-9-10-21(24)27-19(16)12-15/h2-13H,14H2,1H3. The minimum absolute atomic E-state index is 0.0240. The van der Waals surface area contributed by atoms with Crippen LogP contribution in [0.2, 0.25) is 5.15 Å². The number of nitrogens with zero attached hydrogens (tertiary/aromatic N) is 3. The second kappa shape index (κ2) is 8.64. The number of carbonyl (C=O) groups is 1. The van der Waals surface area contributed by atoms with Gasteiger partial charge in [0.15, 0.2) is 9.84 Å². The molecule has 0 fully saturated rings. The van der Waals surface area contributed by atoms with E-state index in [1.54, 1.807) is 30.3 Å². The largest absolute Gasteiger partial charge is 0.302 e. The molecule has 0 unspecified atom stereocenters. The number of carbonyl (C=O) groups excluding carboxylic acids is 1. The Morgan fingerprint density at radius 1 is 1.09 bits per heavy atom. The van der Waals surface area contributed by atoms with Gasteiger partial charge < -0.3 is 4.90 Å². The van der Waals surface area contributed by atoms with Crippen LogP contribution < -0.4 is 4.90 Å². The summed E-state index contributed by atoms with van der Waals surface area (Å²) in [5, 5.41) is 1.17. The molecule has 0 N–H and O–H groups in total. The fraction of sp³-hybridized carbons (Fsp3) is 0.0870. The quantitative estimate of drug-likeness (QED) is 0.397. The summed E-state index contributed by atoms with van der Waals surface area (Å²) in [6, 6.07) is 15.8. The summed E-state index contributed by atoms with van der Waals surface area (Å²) in [4.78, 5) is 22.3. The second-order valence-electron chi connectivity index (χ2n) is 7.15. The highest BCUT2D eigenvalue weighted by molar-refractivity contribution is 7.90. The molecule has 0 atom stereocenters. The zero-order chi connectivity index (χ0) is 22.9. The van der Waals surface area contributed by atoms with Crippen molar-refractivity contribution in [3.05, 3.63) is 95.2 Å². The summed E-state index contributed by atoms with van der Waals surface area (Å²) in [5.41, 5.74) is 1.46. The summed E-state index contributed by atoms with van der Waals surface area (Å²) in [7, 11) is -3.97. The molecule has 2 aromatic carbocycles. The third kappa shape index (κ3) is 4.46. The van der Waals surface area contributed by atoms with Crippen molar-refractivity contribution in [2.75, 3.05) is 11.2 Å². The molecular formula is C23H17ClFN3O3S. The average molecular weight is 470 g/mol. The number of amides is 1. The molecular weight excluding hydrogens is 453 g/mol. The zero-order valence-corrected chi connectivity index (χ0v) is 18.4. The number of pyridine rings is 2. The Morgan fingerprint density at radius 2 is 1.88 bits per heavy atom. The van der Waals surface area contributed by atoms with Gasteiger partial charge in [-0.1, -0.05) is 29.8 Å². The van der Waals surface area contributed by atoms with Crippen LogP contribution in [0.5, 0.6) is 0 Å². The van der Waals surface area contributed by atoms with E-state index >= 15 is 0 Å². The third-order valence-corrected chi connectivity index (χ3v) is 6.18. The normalized spacial score (nSPS) is 11.5. The molecule has 2 aromatic heterocycles. The number of hydrogen-bond donors (Lipinski definition) is 0. The summed E-state index contributed by atoms with van der Waals surface area (Å²) in [5.74, 6) is -1.45. The van der Waals surface area contributed by atoms with Gasteiger partial charge in [-0.25, -0.2) is 17.8 Å². The average Bonchev–Trinajstić information content (AvgIpc) is 2.76. The van der Waals surface area contributed by atoms with Gasteiger partial charge in [-0.15, -0.1) is 0 Å². The Bertz CT molecular complexity index is 1430. The molecule has 162 valence electrons. The Balaban J connectivity index is 1.87. The van der Waals surface area contributed by atoms with Crippen molar-refractivity contribution in [3.8, 4) is 0 Å². The van der Waals surface area contributed by atoms with Crippen LogP contribution in [0.1, 0.15) is 15.9 Å². The van der Waals surface area contributed by atoms with Crippen LogP contribution >= 0.6 is 11.6 Å². The minimum Gasteiger partial charge on any atom is -0.302 e. The van der Waals surface area contributed by atoms with Crippen LogP contribution in [-0.2, 0) is 16.4 Å². The number of rotatable bonds is 5. The van der Waals surface area contributed by atoms with Crippen molar-refractivity contribution in [1.29, 1.82) is 0 Å². The van der Waals surface area contributed by atoms with Gasteiger partial charge in [0.05, 0.1) is 23.3 Å². The minimum atomic E-state index is -3.97. The molecule has 2 heterocycles. The van der Waals surface area contributed by atoms with E-state index in [1.165, 1.54) is 29.4 Å². The van der Waals surface area contributed by atoms with Crippen LogP contribution in [0.4, 0.5) is 10.1 Å². The molecule has 0 saturated heterocycles. The molecule has 0 saturated carbocycles. The maximum absolute atomic E-state index is 14.6. The molecule has 0 bridgehead atoms. The number of benzene rings is 2. The van der Waals surface area contributed by atoms with E-state index in [1.807, 2.05) is 12.1 Å². The lowest BCUT2D eigenvalue weighted by Crippen LogP contribution is -2.32. The lowest BCUT2D eigenvalue weighted by molar-refractivity contribution is 0.0984. The van der Waals surface area contributed by atoms with E-state index in [0.29, 0.717) is 16.2 Å². The monoisotopic (exact) mass is 469 g/mol. The van der Waals surface area contributed by atoms with Gasteiger partial charge in [-0.2, -0.15) is 0 Å². The molecule has 6 nitrogen and oxygen atoms in total. The first kappa shape index (κ1) is 21.9. The van der Waals surface area contributed by atoms with Crippen molar-refractivity contribution in [2.24, 2.45) is 0 Å². The highest BCUT2D eigenvalue weighted by atomic mass is 35.5. The van der Waals surface area contributed by atoms with E-state index in [2.05, 4.69) is 9.97 Å². The number of hydrogen-bond acceptors (Lipinski definition) is 5. The fourth-order valence-electron chi connectivity index (χ4n) is 3.41. The highest BCUT2D eigenvalue weighted by Gasteiger charge is 2.27. The van der Waals surface area contributed by atoms with Crippen molar-refractivity contribution >= 4 is 43.9 Å². The first-order chi connectivity index (χ1) is 15.2. The van der Waals surface area contributed by atoms with Crippen molar-refractivity contribution in [2.45, 2.75) is 11.4 Å². The number of halogens is 2. The number of fused-ring (bicyclic) bond motifs is 1. The van der Waals surface area contributed by atoms with Gasteiger partial charge in [0.25, 0.3) is 5.91 Å². The van der Waals surface area contributed by atoms with Crippen LogP contribution in [0.3, 0.4) is 0 Å². The Labute approximate surface area is 189 Å². The molecule has 4 rings (SSSR count). The first-order valence-electron chi connectivity index (χ1n) is 9.50. The molecule has 0 aliphatic carbocycles. The maximum atomic E-state index is 14.6. The van der Waals surface area contributed by atoms with Gasteiger partial charge >= 0.3 is 0 Å². The van der Waals surface area contributed by atoms with Gasteiger partial charge in [0.2, 0.25) is 0 Å². The van der Waals surface area contributed by atoms with Gasteiger partial charge in [0, 0.05) is 24.0 Å². The SMILES string of the molecule is CS(=O)(=O)c1c(F)cccc1N(Cc1ccc2ccc(Cl)nc2c1)C(=O)c1cccnc1. The van der Waals surface area contributed by atoms with E-state index in [4.69, 9.17) is 11.6 Å². The lowest BCUT2D eigenvalue weighted by Gasteiger charge is -2.25. The molecule has 1 amide bonds. The van der Waals surface area contributed by atoms with Gasteiger partial charge in [-0.3, -0.25) is 9.78 Å². The molecule has 32 heavy (non-hydrogen) atoms. The summed E-state index contributed by atoms with van der Waals surface area (Å²) >= 11 is 6.00. The van der Waals surface area contributed by atoms with Gasteiger partial charge in [0.1, 0.15) is 15.9 Å². The van der Waals surface area contributed by atoms with E-state index in [9.17, 15) is 17.6 Å². The Morgan fingerprint density at radius 3 is 2.59 bits per heavy atom. The van der Waals surface area contributed by atoms with E-state index in [-0.39, 0.29) is 17.8 Å². The van der Waals surface area contributed by atoms with Crippen LogP contribution in [-0.4, -0.2) is 30.5 Å². The lowest BCUT2D eigenvalue weighted by atomic mass is 10.1. The molecule has 4 aromatic rings. The summed E-state index contributed by atoms with van der Waals surface area (Å²) < 4.78 is 39.4. The molecule has 0 aliphatic rings. The Hall–Kier alpha value is -3.36. The van der Waals surface area contributed by atoms with Crippen LogP contribution in [0, 0.1) is 5.82 Å². The van der Waals surface area contributed by atoms with Gasteiger partial charge in [-0.05, 0) is 48.0 Å². The van der Waals surface area contributed by atoms with E-state index in [0.717, 1.165) is 17.7 Å². The number of aromatic nitrogens is 2. The smallest absolute Gasteiger partial charge is 0.260 e. The Kier molecular flexibility index (Phi) is 5.90. The fourth-order valence-corrected chi connectivity index (χ4v) is 4.54. The van der Waals surface area contributed by atoms with Crippen LogP contribution in [0.25, 0.3) is 10.9 Å². The number of anilines is 1. The predicted octanol–water partition coefficient (Wildman–Crippen LogP) is 4.67. The van der Waals surface area contributed by atoms with Crippen molar-refractivity contribution < 1.29 is 17.6 Å². The molecule has 0 radical (unpaired) electrons. The van der Waals surface area contributed by atoms with Crippen LogP contribution in [0.15, 0.2) is 78.0 Å². The predicted molar refractivity (Wildman–Crippen MR) is 121 cm³/mol. The van der Waals surface area contributed by atoms with Crippen molar-refractivity contribution in [3.63, 3.8) is 0 Å². The third-order valence-electron chi connectivity index (χ3n) is 4.82. The summed E-state index contributed by atoms with van der Waals surface area (Å²) in [6.07, 6.45) is 3.80. The number of sulfone groups is 1. The second-order valence-corrected chi connectivity index (χ2v) is 9.49. The van der Waals surface area contributed by atoms with Crippen molar-refractivity contribution in [1.82, 2.24) is 9.97 Å². The van der Waals surface area contributed by atoms with E-state index < -0.39 is 26.5 Å². The maximum Gasteiger partial charge on any atom is 0.260 e. The zero-order valence-electron chi connectivity index (χ0n) is 16.9. The summed E-state index contributed by atoms with van der Waals surface area (Å²) in [6.45, 7) is -0.0240. The topological polar surface area (TPSA) is 80.2 Å².